The molecule has 0 saturated heterocycles. The summed E-state index contributed by atoms with van der Waals surface area (Å²) in [6.45, 7) is 3.86. The van der Waals surface area contributed by atoms with Crippen LogP contribution in [0.15, 0.2) is 47.2 Å². The van der Waals surface area contributed by atoms with Crippen molar-refractivity contribution in [3.63, 3.8) is 0 Å². The molecule has 1 aromatic carbocycles. The number of aliphatic hydroxyl groups excluding tert-OH is 1. The summed E-state index contributed by atoms with van der Waals surface area (Å²) in [7, 11) is 0. The molecule has 100 valence electrons. The van der Waals surface area contributed by atoms with Crippen molar-refractivity contribution in [2.75, 3.05) is 11.4 Å². The van der Waals surface area contributed by atoms with Crippen LogP contribution in [0.2, 0.25) is 0 Å². The second-order valence-corrected chi connectivity index (χ2v) is 5.22. The molecule has 0 unspecified atom stereocenters. The van der Waals surface area contributed by atoms with Crippen LogP contribution in [-0.2, 0) is 13.2 Å². The smallest absolute Gasteiger partial charge is 0.0702 e. The van der Waals surface area contributed by atoms with E-state index < -0.39 is 0 Å². The fourth-order valence-corrected chi connectivity index (χ4v) is 2.47. The van der Waals surface area contributed by atoms with E-state index in [1.807, 2.05) is 30.3 Å². The second kappa shape index (κ2) is 6.68. The number of aromatic nitrogens is 1. The Morgan fingerprint density at radius 3 is 2.58 bits per heavy atom. The van der Waals surface area contributed by atoms with Gasteiger partial charge in [-0.05, 0) is 42.8 Å². The van der Waals surface area contributed by atoms with Gasteiger partial charge in [0.2, 0.25) is 0 Å². The van der Waals surface area contributed by atoms with Crippen molar-refractivity contribution < 1.29 is 5.11 Å². The Bertz CT molecular complexity index is 531. The normalized spacial score (nSPS) is 10.5. The maximum absolute atomic E-state index is 9.50. The molecule has 0 atom stereocenters. The van der Waals surface area contributed by atoms with Gasteiger partial charge in [0, 0.05) is 41.2 Å². The Kier molecular flexibility index (Phi) is 4.93. The molecule has 2 rings (SSSR count). The molecule has 0 fully saturated rings. The summed E-state index contributed by atoms with van der Waals surface area (Å²) in [4.78, 5) is 6.28. The molecule has 3 nitrogen and oxygen atoms in total. The average Bonchev–Trinajstić information content (AvgIpc) is 2.46. The molecule has 0 spiro atoms. The standard InChI is InChI=1S/C15H17BrN2O/c1-2-18(10-12-5-7-17-8-6-12)15-4-3-14(16)9-13(15)11-19/h3-9,19H,2,10-11H2,1H3. The molecule has 4 heteroatoms. The fraction of sp³-hybridized carbons (Fsp3) is 0.267. The van der Waals surface area contributed by atoms with Crippen molar-refractivity contribution in [2.45, 2.75) is 20.1 Å². The number of nitrogens with zero attached hydrogens (tertiary/aromatic N) is 2. The van der Waals surface area contributed by atoms with Gasteiger partial charge < -0.3 is 10.0 Å². The monoisotopic (exact) mass is 320 g/mol. The van der Waals surface area contributed by atoms with Crippen LogP contribution in [0.5, 0.6) is 0 Å². The van der Waals surface area contributed by atoms with Crippen LogP contribution in [0.1, 0.15) is 18.1 Å². The van der Waals surface area contributed by atoms with Crippen molar-refractivity contribution in [1.29, 1.82) is 0 Å². The van der Waals surface area contributed by atoms with Crippen LogP contribution in [0, 0.1) is 0 Å². The lowest BCUT2D eigenvalue weighted by molar-refractivity contribution is 0.282. The minimum Gasteiger partial charge on any atom is -0.392 e. The third-order valence-electron chi connectivity index (χ3n) is 3.06. The van der Waals surface area contributed by atoms with Gasteiger partial charge in [-0.2, -0.15) is 0 Å². The van der Waals surface area contributed by atoms with Crippen molar-refractivity contribution in [3.8, 4) is 0 Å². The highest BCUT2D eigenvalue weighted by atomic mass is 79.9. The van der Waals surface area contributed by atoms with E-state index in [2.05, 4.69) is 32.7 Å². The topological polar surface area (TPSA) is 36.4 Å². The van der Waals surface area contributed by atoms with Crippen LogP contribution in [0.25, 0.3) is 0 Å². The van der Waals surface area contributed by atoms with Gasteiger partial charge in [-0.15, -0.1) is 0 Å². The zero-order valence-electron chi connectivity index (χ0n) is 10.9. The zero-order valence-corrected chi connectivity index (χ0v) is 12.5. The molecule has 1 N–H and O–H groups in total. The van der Waals surface area contributed by atoms with Crippen LogP contribution in [0.4, 0.5) is 5.69 Å². The number of hydrogen-bond donors (Lipinski definition) is 1. The van der Waals surface area contributed by atoms with Gasteiger partial charge in [0.15, 0.2) is 0 Å². The van der Waals surface area contributed by atoms with Crippen LogP contribution in [-0.4, -0.2) is 16.6 Å². The summed E-state index contributed by atoms with van der Waals surface area (Å²) < 4.78 is 0.986. The highest BCUT2D eigenvalue weighted by Gasteiger charge is 2.10. The molecule has 1 heterocycles. The third-order valence-corrected chi connectivity index (χ3v) is 3.55. The summed E-state index contributed by atoms with van der Waals surface area (Å²) >= 11 is 3.44. The predicted octanol–water partition coefficient (Wildman–Crippen LogP) is 3.36. The lowest BCUT2D eigenvalue weighted by Crippen LogP contribution is -2.23. The minimum atomic E-state index is 0.0433. The number of rotatable bonds is 5. The van der Waals surface area contributed by atoms with Gasteiger partial charge in [-0.25, -0.2) is 0 Å². The number of pyridine rings is 1. The zero-order chi connectivity index (χ0) is 13.7. The Morgan fingerprint density at radius 1 is 1.21 bits per heavy atom. The maximum Gasteiger partial charge on any atom is 0.0702 e. The van der Waals surface area contributed by atoms with Gasteiger partial charge >= 0.3 is 0 Å². The molecule has 0 aliphatic rings. The molecule has 19 heavy (non-hydrogen) atoms. The first-order valence-corrected chi connectivity index (χ1v) is 7.07. The Labute approximate surface area is 122 Å². The van der Waals surface area contributed by atoms with Crippen molar-refractivity contribution in [1.82, 2.24) is 4.98 Å². The SMILES string of the molecule is CCN(Cc1ccncc1)c1ccc(Br)cc1CO. The van der Waals surface area contributed by atoms with E-state index in [1.54, 1.807) is 12.4 Å². The van der Waals surface area contributed by atoms with Gasteiger partial charge in [-0.3, -0.25) is 4.98 Å². The number of benzene rings is 1. The van der Waals surface area contributed by atoms with E-state index in [0.717, 1.165) is 28.8 Å². The quantitative estimate of drug-likeness (QED) is 0.917. The van der Waals surface area contributed by atoms with E-state index >= 15 is 0 Å². The Balaban J connectivity index is 2.27. The minimum absolute atomic E-state index is 0.0433. The first-order valence-electron chi connectivity index (χ1n) is 6.27. The maximum atomic E-state index is 9.50. The summed E-state index contributed by atoms with van der Waals surface area (Å²) in [5.74, 6) is 0. The van der Waals surface area contributed by atoms with E-state index in [-0.39, 0.29) is 6.61 Å². The van der Waals surface area contributed by atoms with Gasteiger partial charge in [0.1, 0.15) is 0 Å². The predicted molar refractivity (Wildman–Crippen MR) is 81.0 cm³/mol. The summed E-state index contributed by atoms with van der Waals surface area (Å²) in [6.07, 6.45) is 3.61. The third kappa shape index (κ3) is 3.55. The van der Waals surface area contributed by atoms with E-state index in [9.17, 15) is 5.11 Å². The highest BCUT2D eigenvalue weighted by Crippen LogP contribution is 2.26. The lowest BCUT2D eigenvalue weighted by Gasteiger charge is -2.25. The van der Waals surface area contributed by atoms with Crippen molar-refractivity contribution in [3.05, 3.63) is 58.3 Å². The first kappa shape index (κ1) is 14.0. The largest absolute Gasteiger partial charge is 0.392 e. The van der Waals surface area contributed by atoms with E-state index in [1.165, 1.54) is 5.56 Å². The molecule has 0 amide bonds. The number of halogens is 1. The molecule has 0 radical (unpaired) electrons. The van der Waals surface area contributed by atoms with Crippen molar-refractivity contribution in [2.24, 2.45) is 0 Å². The molecule has 0 aliphatic heterocycles. The molecular weight excluding hydrogens is 304 g/mol. The summed E-state index contributed by atoms with van der Waals surface area (Å²) in [5.41, 5.74) is 3.22. The molecule has 2 aromatic rings. The average molecular weight is 321 g/mol. The van der Waals surface area contributed by atoms with Gasteiger partial charge in [0.25, 0.3) is 0 Å². The molecule has 0 aliphatic carbocycles. The highest BCUT2D eigenvalue weighted by molar-refractivity contribution is 9.10. The number of anilines is 1. The second-order valence-electron chi connectivity index (χ2n) is 4.30. The van der Waals surface area contributed by atoms with Gasteiger partial charge in [0.05, 0.1) is 6.61 Å². The number of aliphatic hydroxyl groups is 1. The lowest BCUT2D eigenvalue weighted by atomic mass is 10.1. The molecule has 0 saturated carbocycles. The Hall–Kier alpha value is -1.39. The molecular formula is C15H17BrN2O. The molecule has 0 bridgehead atoms. The van der Waals surface area contributed by atoms with Crippen molar-refractivity contribution >= 4 is 21.6 Å². The molecule has 1 aromatic heterocycles. The van der Waals surface area contributed by atoms with Crippen LogP contribution >= 0.6 is 15.9 Å². The van der Waals surface area contributed by atoms with E-state index in [4.69, 9.17) is 0 Å². The number of hydrogen-bond acceptors (Lipinski definition) is 3. The van der Waals surface area contributed by atoms with Crippen LogP contribution < -0.4 is 4.90 Å². The Morgan fingerprint density at radius 2 is 1.95 bits per heavy atom. The fourth-order valence-electron chi connectivity index (χ4n) is 2.07. The van der Waals surface area contributed by atoms with E-state index in [0.29, 0.717) is 0 Å². The first-order chi connectivity index (χ1) is 9.24. The van der Waals surface area contributed by atoms with Crippen LogP contribution in [0.3, 0.4) is 0 Å². The summed E-state index contributed by atoms with van der Waals surface area (Å²) in [5, 5.41) is 9.50. The summed E-state index contributed by atoms with van der Waals surface area (Å²) in [6, 6.07) is 10.0. The van der Waals surface area contributed by atoms with Gasteiger partial charge in [-0.1, -0.05) is 15.9 Å².